The molecule has 6 heteroatoms. The second-order valence-electron chi connectivity index (χ2n) is 4.39. The first-order valence-electron chi connectivity index (χ1n) is 5.59. The molecule has 2 heterocycles. The molecule has 0 aliphatic carbocycles. The maximum Gasteiger partial charge on any atom is 0.303 e. The topological polar surface area (TPSA) is 86.3 Å². The molecule has 1 unspecified atom stereocenters. The van der Waals surface area contributed by atoms with Crippen LogP contribution >= 0.6 is 0 Å². The zero-order chi connectivity index (χ0) is 12.4. The van der Waals surface area contributed by atoms with Crippen molar-refractivity contribution in [1.82, 2.24) is 9.97 Å². The van der Waals surface area contributed by atoms with Gasteiger partial charge < -0.3 is 15.0 Å². The summed E-state index contributed by atoms with van der Waals surface area (Å²) in [6, 6.07) is 1.45. The van der Waals surface area contributed by atoms with Crippen LogP contribution in [0.3, 0.4) is 0 Å². The van der Waals surface area contributed by atoms with Crippen LogP contribution in [0.5, 0.6) is 0 Å². The highest BCUT2D eigenvalue weighted by Gasteiger charge is 2.25. The zero-order valence-corrected chi connectivity index (χ0v) is 9.64. The molecular formula is C11H15N3O3. The molecule has 0 spiro atoms. The number of hydrogen-bond donors (Lipinski definition) is 2. The fraction of sp³-hybridized carbons (Fsp3) is 0.545. The molecule has 0 saturated carbocycles. The predicted molar refractivity (Wildman–Crippen MR) is 62.2 cm³/mol. The molecule has 1 aromatic rings. The molecular weight excluding hydrogens is 222 g/mol. The number of aliphatic carboxylic acids is 1. The van der Waals surface area contributed by atoms with E-state index in [1.54, 1.807) is 6.92 Å². The van der Waals surface area contributed by atoms with Crippen molar-refractivity contribution in [3.05, 3.63) is 22.2 Å². The molecule has 6 nitrogen and oxygen atoms in total. The van der Waals surface area contributed by atoms with Crippen LogP contribution in [0.4, 0.5) is 5.82 Å². The molecule has 0 aromatic carbocycles. The van der Waals surface area contributed by atoms with Gasteiger partial charge in [-0.2, -0.15) is 0 Å². The summed E-state index contributed by atoms with van der Waals surface area (Å²) in [5.41, 5.74) is -0.172. The van der Waals surface area contributed by atoms with Crippen LogP contribution in [0, 0.1) is 12.8 Å². The second-order valence-corrected chi connectivity index (χ2v) is 4.39. The third-order valence-electron chi connectivity index (χ3n) is 2.92. The number of carbonyl (C=O) groups is 1. The number of aryl methyl sites for hydroxylation is 1. The number of nitrogens with one attached hydrogen (secondary N) is 1. The highest BCUT2D eigenvalue weighted by atomic mass is 16.4. The lowest BCUT2D eigenvalue weighted by molar-refractivity contribution is -0.137. The largest absolute Gasteiger partial charge is 0.481 e. The Labute approximate surface area is 98.3 Å². The first-order valence-corrected chi connectivity index (χ1v) is 5.59. The van der Waals surface area contributed by atoms with Crippen molar-refractivity contribution in [2.75, 3.05) is 18.0 Å². The van der Waals surface area contributed by atoms with Gasteiger partial charge in [0.15, 0.2) is 0 Å². The van der Waals surface area contributed by atoms with Gasteiger partial charge in [-0.1, -0.05) is 0 Å². The number of hydrogen-bond acceptors (Lipinski definition) is 4. The van der Waals surface area contributed by atoms with Gasteiger partial charge in [0.1, 0.15) is 11.6 Å². The van der Waals surface area contributed by atoms with Crippen LogP contribution in [0.25, 0.3) is 0 Å². The van der Waals surface area contributed by atoms with E-state index in [1.165, 1.54) is 6.07 Å². The lowest BCUT2D eigenvalue weighted by Crippen LogP contribution is -2.24. The average molecular weight is 237 g/mol. The van der Waals surface area contributed by atoms with Crippen LogP contribution in [-0.2, 0) is 4.79 Å². The van der Waals surface area contributed by atoms with Crippen LogP contribution < -0.4 is 10.5 Å². The Morgan fingerprint density at radius 2 is 2.47 bits per heavy atom. The van der Waals surface area contributed by atoms with Gasteiger partial charge in [-0.05, 0) is 19.3 Å². The Kier molecular flexibility index (Phi) is 3.12. The first kappa shape index (κ1) is 11.6. The average Bonchev–Trinajstić information content (AvgIpc) is 2.63. The fourth-order valence-electron chi connectivity index (χ4n) is 2.18. The Bertz CT molecular complexity index is 483. The molecule has 2 rings (SSSR count). The number of rotatable bonds is 3. The summed E-state index contributed by atoms with van der Waals surface area (Å²) in [6.45, 7) is 3.14. The van der Waals surface area contributed by atoms with Crippen LogP contribution in [0.2, 0.25) is 0 Å². The zero-order valence-electron chi connectivity index (χ0n) is 9.64. The smallest absolute Gasteiger partial charge is 0.303 e. The van der Waals surface area contributed by atoms with E-state index in [4.69, 9.17) is 5.11 Å². The van der Waals surface area contributed by atoms with Gasteiger partial charge in [0.25, 0.3) is 5.56 Å². The summed E-state index contributed by atoms with van der Waals surface area (Å²) < 4.78 is 0. The lowest BCUT2D eigenvalue weighted by atomic mass is 10.1. The number of carboxylic acids is 1. The molecule has 0 amide bonds. The van der Waals surface area contributed by atoms with Crippen molar-refractivity contribution in [2.24, 2.45) is 5.92 Å². The molecule has 1 fully saturated rings. The quantitative estimate of drug-likeness (QED) is 0.793. The third-order valence-corrected chi connectivity index (χ3v) is 2.92. The molecule has 1 aliphatic rings. The lowest BCUT2D eigenvalue weighted by Gasteiger charge is -2.17. The number of aromatic amines is 1. The summed E-state index contributed by atoms with van der Waals surface area (Å²) in [7, 11) is 0. The van der Waals surface area contributed by atoms with Crippen molar-refractivity contribution in [2.45, 2.75) is 19.8 Å². The van der Waals surface area contributed by atoms with Crippen LogP contribution in [0.1, 0.15) is 18.7 Å². The Hall–Kier alpha value is -1.85. The third kappa shape index (κ3) is 2.83. The van der Waals surface area contributed by atoms with Gasteiger partial charge in [0.05, 0.1) is 0 Å². The van der Waals surface area contributed by atoms with E-state index in [0.29, 0.717) is 18.2 Å². The van der Waals surface area contributed by atoms with E-state index < -0.39 is 5.97 Å². The number of H-pyrrole nitrogens is 1. The Morgan fingerprint density at radius 1 is 1.71 bits per heavy atom. The minimum absolute atomic E-state index is 0.147. The van der Waals surface area contributed by atoms with Gasteiger partial charge in [0.2, 0.25) is 0 Å². The van der Waals surface area contributed by atoms with E-state index in [1.807, 2.05) is 4.90 Å². The molecule has 1 aliphatic heterocycles. The summed E-state index contributed by atoms with van der Waals surface area (Å²) in [5, 5.41) is 8.73. The minimum atomic E-state index is -0.771. The molecule has 1 atom stereocenters. The van der Waals surface area contributed by atoms with E-state index in [2.05, 4.69) is 9.97 Å². The van der Waals surface area contributed by atoms with E-state index in [9.17, 15) is 9.59 Å². The molecule has 1 saturated heterocycles. The molecule has 17 heavy (non-hydrogen) atoms. The van der Waals surface area contributed by atoms with E-state index in [-0.39, 0.29) is 17.9 Å². The standard InChI is InChI=1S/C11H15N3O3/c1-7-12-9(5-10(15)13-7)14-3-2-8(6-14)4-11(16)17/h5,8H,2-4,6H2,1H3,(H,16,17)(H,12,13,15). The highest BCUT2D eigenvalue weighted by molar-refractivity contribution is 5.67. The molecule has 2 N–H and O–H groups in total. The summed E-state index contributed by atoms with van der Waals surface area (Å²) in [4.78, 5) is 30.7. The summed E-state index contributed by atoms with van der Waals surface area (Å²) >= 11 is 0. The highest BCUT2D eigenvalue weighted by Crippen LogP contribution is 2.23. The number of nitrogens with zero attached hydrogens (tertiary/aromatic N) is 2. The van der Waals surface area contributed by atoms with Crippen molar-refractivity contribution < 1.29 is 9.90 Å². The number of carboxylic acid groups (broad SMARTS) is 1. The van der Waals surface area contributed by atoms with Crippen molar-refractivity contribution in [3.8, 4) is 0 Å². The summed E-state index contributed by atoms with van der Waals surface area (Å²) in [5.74, 6) is 0.592. The maximum atomic E-state index is 11.3. The maximum absolute atomic E-state index is 11.3. The van der Waals surface area contributed by atoms with Crippen LogP contribution in [0.15, 0.2) is 10.9 Å². The van der Waals surface area contributed by atoms with Crippen molar-refractivity contribution in [3.63, 3.8) is 0 Å². The molecule has 0 bridgehead atoms. The van der Waals surface area contributed by atoms with Crippen molar-refractivity contribution in [1.29, 1.82) is 0 Å². The van der Waals surface area contributed by atoms with Gasteiger partial charge in [-0.3, -0.25) is 9.59 Å². The molecule has 92 valence electrons. The fourth-order valence-corrected chi connectivity index (χ4v) is 2.18. The second kappa shape index (κ2) is 4.57. The number of anilines is 1. The minimum Gasteiger partial charge on any atom is -0.481 e. The number of aromatic nitrogens is 2. The molecule has 0 radical (unpaired) electrons. The Morgan fingerprint density at radius 3 is 3.12 bits per heavy atom. The summed E-state index contributed by atoms with van der Waals surface area (Å²) in [6.07, 6.45) is 1.01. The van der Waals surface area contributed by atoms with Gasteiger partial charge in [-0.25, -0.2) is 4.98 Å². The van der Waals surface area contributed by atoms with Gasteiger partial charge >= 0.3 is 5.97 Å². The Balaban J connectivity index is 2.09. The monoisotopic (exact) mass is 237 g/mol. The SMILES string of the molecule is Cc1nc(N2CCC(CC(=O)O)C2)cc(=O)[nH]1. The van der Waals surface area contributed by atoms with E-state index >= 15 is 0 Å². The molecule has 1 aromatic heterocycles. The van der Waals surface area contributed by atoms with Crippen LogP contribution in [-0.4, -0.2) is 34.1 Å². The normalized spacial score (nSPS) is 19.6. The first-order chi connectivity index (χ1) is 8.04. The van der Waals surface area contributed by atoms with Gasteiger partial charge in [-0.15, -0.1) is 0 Å². The predicted octanol–water partition coefficient (Wildman–Crippen LogP) is 0.379. The van der Waals surface area contributed by atoms with E-state index in [0.717, 1.165) is 13.0 Å². The van der Waals surface area contributed by atoms with Gasteiger partial charge in [0, 0.05) is 25.6 Å². The van der Waals surface area contributed by atoms with Crippen molar-refractivity contribution >= 4 is 11.8 Å².